The van der Waals surface area contributed by atoms with Crippen molar-refractivity contribution in [3.05, 3.63) is 75.1 Å². The molecular weight excluding hydrogens is 334 g/mol. The average molecular weight is 344 g/mol. The van der Waals surface area contributed by atoms with Crippen LogP contribution in [-0.4, -0.2) is 17.0 Å². The van der Waals surface area contributed by atoms with Gasteiger partial charge in [-0.25, -0.2) is 9.59 Å². The summed E-state index contributed by atoms with van der Waals surface area (Å²) < 4.78 is 5.09. The van der Waals surface area contributed by atoms with Gasteiger partial charge >= 0.3 is 11.6 Å². The Labute approximate surface area is 140 Å². The zero-order valence-electron chi connectivity index (χ0n) is 12.1. The first-order valence-corrected chi connectivity index (χ1v) is 7.20. The molecular formula is C17H10ClNO5. The Hall–Kier alpha value is -3.12. The van der Waals surface area contributed by atoms with Crippen LogP contribution in [0.1, 0.15) is 20.7 Å². The van der Waals surface area contributed by atoms with E-state index in [1.54, 1.807) is 18.2 Å². The Kier molecular flexibility index (Phi) is 4.05. The molecule has 1 heterocycles. The van der Waals surface area contributed by atoms with Gasteiger partial charge in [0.05, 0.1) is 11.3 Å². The molecule has 24 heavy (non-hydrogen) atoms. The molecule has 2 N–H and O–H groups in total. The van der Waals surface area contributed by atoms with Crippen molar-refractivity contribution in [1.29, 1.82) is 0 Å². The fraction of sp³-hybridized carbons (Fsp3) is 0. The van der Waals surface area contributed by atoms with Crippen molar-refractivity contribution in [1.82, 2.24) is 0 Å². The predicted molar refractivity (Wildman–Crippen MR) is 88.8 cm³/mol. The standard InChI is InChI=1S/C17H10ClNO5/c18-10-5-6-14-9(7-10)8-12(17(23)24-14)15(20)19-13-4-2-1-3-11(13)16(21)22/h1-8H,(H,19,20)(H,21,22). The maximum Gasteiger partial charge on any atom is 0.349 e. The van der Waals surface area contributed by atoms with E-state index in [1.807, 2.05) is 0 Å². The van der Waals surface area contributed by atoms with Crippen molar-refractivity contribution in [3.63, 3.8) is 0 Å². The number of carboxylic acids is 1. The highest BCUT2D eigenvalue weighted by Gasteiger charge is 2.17. The summed E-state index contributed by atoms with van der Waals surface area (Å²) in [6, 6.07) is 11.9. The van der Waals surface area contributed by atoms with Gasteiger partial charge in [0, 0.05) is 10.4 Å². The molecule has 3 aromatic rings. The third kappa shape index (κ3) is 3.00. The number of aromatic carboxylic acids is 1. The Bertz CT molecular complexity index is 1020. The number of hydrogen-bond acceptors (Lipinski definition) is 4. The van der Waals surface area contributed by atoms with E-state index in [9.17, 15) is 14.4 Å². The number of amides is 1. The molecule has 6 nitrogen and oxygen atoms in total. The highest BCUT2D eigenvalue weighted by molar-refractivity contribution is 6.31. The number of carbonyl (C=O) groups is 2. The molecule has 1 aromatic heterocycles. The Morgan fingerprint density at radius 3 is 2.54 bits per heavy atom. The molecule has 1 amide bonds. The number of carboxylic acid groups (broad SMARTS) is 1. The lowest BCUT2D eigenvalue weighted by Gasteiger charge is -2.08. The predicted octanol–water partition coefficient (Wildman–Crippen LogP) is 3.40. The van der Waals surface area contributed by atoms with Gasteiger partial charge in [0.1, 0.15) is 11.1 Å². The highest BCUT2D eigenvalue weighted by Crippen LogP contribution is 2.20. The highest BCUT2D eigenvalue weighted by atomic mass is 35.5. The fourth-order valence-electron chi connectivity index (χ4n) is 2.22. The molecule has 0 bridgehead atoms. The van der Waals surface area contributed by atoms with E-state index in [2.05, 4.69) is 5.32 Å². The maximum atomic E-state index is 12.3. The summed E-state index contributed by atoms with van der Waals surface area (Å²) >= 11 is 5.89. The summed E-state index contributed by atoms with van der Waals surface area (Å²) in [4.78, 5) is 35.5. The quantitative estimate of drug-likeness (QED) is 0.710. The number of anilines is 1. The molecule has 2 aromatic carbocycles. The van der Waals surface area contributed by atoms with Crippen LogP contribution < -0.4 is 10.9 Å². The number of benzene rings is 2. The zero-order chi connectivity index (χ0) is 17.3. The molecule has 3 rings (SSSR count). The van der Waals surface area contributed by atoms with Crippen molar-refractivity contribution in [2.45, 2.75) is 0 Å². The van der Waals surface area contributed by atoms with Crippen molar-refractivity contribution >= 4 is 40.1 Å². The van der Waals surface area contributed by atoms with Crippen LogP contribution in [0, 0.1) is 0 Å². The van der Waals surface area contributed by atoms with E-state index in [-0.39, 0.29) is 16.8 Å². The minimum atomic E-state index is -1.19. The Balaban J connectivity index is 2.02. The maximum absolute atomic E-state index is 12.3. The van der Waals surface area contributed by atoms with Gasteiger partial charge in [-0.15, -0.1) is 0 Å². The summed E-state index contributed by atoms with van der Waals surface area (Å²) in [6.07, 6.45) is 0. The van der Waals surface area contributed by atoms with Crippen LogP contribution in [0.5, 0.6) is 0 Å². The second-order valence-electron chi connectivity index (χ2n) is 4.93. The van der Waals surface area contributed by atoms with Crippen molar-refractivity contribution in [3.8, 4) is 0 Å². The number of carbonyl (C=O) groups excluding carboxylic acids is 1. The molecule has 7 heteroatoms. The molecule has 0 aliphatic carbocycles. The molecule has 0 fully saturated rings. The molecule has 0 saturated carbocycles. The van der Waals surface area contributed by atoms with Crippen LogP contribution in [-0.2, 0) is 0 Å². The lowest BCUT2D eigenvalue weighted by molar-refractivity contribution is 0.0698. The van der Waals surface area contributed by atoms with Crippen molar-refractivity contribution < 1.29 is 19.1 Å². The molecule has 0 saturated heterocycles. The first kappa shape index (κ1) is 15.8. The first-order valence-electron chi connectivity index (χ1n) is 6.83. The second-order valence-corrected chi connectivity index (χ2v) is 5.37. The van der Waals surface area contributed by atoms with E-state index in [4.69, 9.17) is 21.1 Å². The van der Waals surface area contributed by atoms with Gasteiger partial charge < -0.3 is 14.8 Å². The van der Waals surface area contributed by atoms with Gasteiger partial charge in [-0.3, -0.25) is 4.79 Å². The monoisotopic (exact) mass is 343 g/mol. The summed E-state index contributed by atoms with van der Waals surface area (Å²) in [5.41, 5.74) is -0.772. The molecule has 0 radical (unpaired) electrons. The van der Waals surface area contributed by atoms with Gasteiger partial charge in [-0.05, 0) is 36.4 Å². The normalized spacial score (nSPS) is 10.5. The number of para-hydroxylation sites is 1. The second kappa shape index (κ2) is 6.17. The smallest absolute Gasteiger partial charge is 0.349 e. The van der Waals surface area contributed by atoms with Gasteiger partial charge in [-0.2, -0.15) is 0 Å². The first-order chi connectivity index (χ1) is 11.5. The van der Waals surface area contributed by atoms with E-state index in [0.29, 0.717) is 16.0 Å². The molecule has 0 atom stereocenters. The number of hydrogen-bond donors (Lipinski definition) is 2. The van der Waals surface area contributed by atoms with E-state index < -0.39 is 17.5 Å². The van der Waals surface area contributed by atoms with Gasteiger partial charge in [-0.1, -0.05) is 23.7 Å². The average Bonchev–Trinajstić information content (AvgIpc) is 2.54. The van der Waals surface area contributed by atoms with Crippen LogP contribution >= 0.6 is 11.6 Å². The lowest BCUT2D eigenvalue weighted by Crippen LogP contribution is -2.21. The summed E-state index contributed by atoms with van der Waals surface area (Å²) in [5.74, 6) is -1.96. The number of halogens is 1. The minimum Gasteiger partial charge on any atom is -0.478 e. The molecule has 120 valence electrons. The summed E-state index contributed by atoms with van der Waals surface area (Å²) in [5, 5.41) is 12.5. The number of nitrogens with one attached hydrogen (secondary N) is 1. The molecule has 0 spiro atoms. The minimum absolute atomic E-state index is 0.0839. The van der Waals surface area contributed by atoms with Crippen LogP contribution in [0.25, 0.3) is 11.0 Å². The third-order valence-electron chi connectivity index (χ3n) is 3.34. The van der Waals surface area contributed by atoms with Gasteiger partial charge in [0.2, 0.25) is 0 Å². The topological polar surface area (TPSA) is 96.6 Å². The van der Waals surface area contributed by atoms with Gasteiger partial charge in [0.15, 0.2) is 0 Å². The number of fused-ring (bicyclic) bond motifs is 1. The molecule has 0 aliphatic rings. The third-order valence-corrected chi connectivity index (χ3v) is 3.58. The van der Waals surface area contributed by atoms with E-state index in [0.717, 1.165) is 0 Å². The Morgan fingerprint density at radius 2 is 1.79 bits per heavy atom. The molecule has 0 unspecified atom stereocenters. The summed E-state index contributed by atoms with van der Waals surface area (Å²) in [7, 11) is 0. The van der Waals surface area contributed by atoms with Crippen LogP contribution in [0.3, 0.4) is 0 Å². The van der Waals surface area contributed by atoms with E-state index in [1.165, 1.54) is 30.3 Å². The number of rotatable bonds is 3. The molecule has 0 aliphatic heterocycles. The Morgan fingerprint density at radius 1 is 1.04 bits per heavy atom. The van der Waals surface area contributed by atoms with Crippen molar-refractivity contribution in [2.24, 2.45) is 0 Å². The van der Waals surface area contributed by atoms with Crippen LogP contribution in [0.2, 0.25) is 5.02 Å². The summed E-state index contributed by atoms with van der Waals surface area (Å²) in [6.45, 7) is 0. The fourth-order valence-corrected chi connectivity index (χ4v) is 2.40. The van der Waals surface area contributed by atoms with Crippen LogP contribution in [0.4, 0.5) is 5.69 Å². The SMILES string of the molecule is O=C(O)c1ccccc1NC(=O)c1cc2cc(Cl)ccc2oc1=O. The largest absolute Gasteiger partial charge is 0.478 e. The zero-order valence-corrected chi connectivity index (χ0v) is 12.8. The van der Waals surface area contributed by atoms with Gasteiger partial charge in [0.25, 0.3) is 5.91 Å². The van der Waals surface area contributed by atoms with E-state index >= 15 is 0 Å². The van der Waals surface area contributed by atoms with Crippen LogP contribution in [0.15, 0.2) is 57.7 Å². The van der Waals surface area contributed by atoms with Crippen molar-refractivity contribution in [2.75, 3.05) is 5.32 Å². The lowest BCUT2D eigenvalue weighted by atomic mass is 10.1.